The summed E-state index contributed by atoms with van der Waals surface area (Å²) in [6.45, 7) is 0.922. The van der Waals surface area contributed by atoms with E-state index in [2.05, 4.69) is 5.32 Å². The summed E-state index contributed by atoms with van der Waals surface area (Å²) in [6, 6.07) is 2.87. The highest BCUT2D eigenvalue weighted by molar-refractivity contribution is 7.12. The van der Waals surface area contributed by atoms with E-state index in [9.17, 15) is 14.4 Å². The molecule has 1 aliphatic heterocycles. The molecule has 0 aromatic carbocycles. The molecular weight excluding hydrogens is 292 g/mol. The number of hydrogen-bond acceptors (Lipinski definition) is 4. The van der Waals surface area contributed by atoms with Crippen LogP contribution in [0.5, 0.6) is 0 Å². The molecule has 0 spiro atoms. The van der Waals surface area contributed by atoms with Crippen molar-refractivity contribution in [1.29, 1.82) is 0 Å². The van der Waals surface area contributed by atoms with Crippen molar-refractivity contribution in [3.05, 3.63) is 22.4 Å². The maximum atomic E-state index is 12.0. The minimum atomic E-state index is -0.938. The smallest absolute Gasteiger partial charge is 0.326 e. The van der Waals surface area contributed by atoms with Gasteiger partial charge in [-0.25, -0.2) is 4.79 Å². The fourth-order valence-electron chi connectivity index (χ4n) is 2.40. The second-order valence-corrected chi connectivity index (χ2v) is 5.87. The number of hydrogen-bond donors (Lipinski definition) is 2. The zero-order valence-electron chi connectivity index (χ0n) is 11.6. The number of carboxylic acid groups (broad SMARTS) is 1. The first-order chi connectivity index (χ1) is 10.1. The summed E-state index contributed by atoms with van der Waals surface area (Å²) in [4.78, 5) is 36.8. The number of carbonyl (C=O) groups is 3. The van der Waals surface area contributed by atoms with E-state index in [4.69, 9.17) is 5.11 Å². The molecule has 0 radical (unpaired) electrons. The van der Waals surface area contributed by atoms with Gasteiger partial charge in [-0.05, 0) is 30.7 Å². The highest BCUT2D eigenvalue weighted by atomic mass is 32.1. The van der Waals surface area contributed by atoms with Crippen molar-refractivity contribution in [2.24, 2.45) is 0 Å². The van der Waals surface area contributed by atoms with E-state index >= 15 is 0 Å². The van der Waals surface area contributed by atoms with Crippen LogP contribution in [0.4, 0.5) is 0 Å². The summed E-state index contributed by atoms with van der Waals surface area (Å²) in [5, 5.41) is 13.6. The van der Waals surface area contributed by atoms with Gasteiger partial charge >= 0.3 is 5.97 Å². The summed E-state index contributed by atoms with van der Waals surface area (Å²) in [5.41, 5.74) is 0. The maximum Gasteiger partial charge on any atom is 0.326 e. The van der Waals surface area contributed by atoms with Crippen molar-refractivity contribution in [1.82, 2.24) is 10.2 Å². The lowest BCUT2D eigenvalue weighted by molar-refractivity contribution is -0.148. The summed E-state index contributed by atoms with van der Waals surface area (Å²) >= 11 is 1.37. The molecule has 1 atom stereocenters. The van der Waals surface area contributed by atoms with Crippen LogP contribution in [0.1, 0.15) is 35.4 Å². The Hall–Kier alpha value is -1.89. The molecular formula is C14H18N2O4S. The van der Waals surface area contributed by atoms with Gasteiger partial charge in [0.1, 0.15) is 6.04 Å². The molecule has 0 saturated carbocycles. The van der Waals surface area contributed by atoms with Crippen LogP contribution in [0.15, 0.2) is 17.5 Å². The van der Waals surface area contributed by atoms with Crippen molar-refractivity contribution >= 4 is 29.1 Å². The van der Waals surface area contributed by atoms with Crippen molar-refractivity contribution in [2.45, 2.75) is 31.7 Å². The number of carboxylic acids is 1. The van der Waals surface area contributed by atoms with E-state index in [1.54, 1.807) is 6.07 Å². The number of amides is 2. The summed E-state index contributed by atoms with van der Waals surface area (Å²) in [5.74, 6) is -1.22. The van der Waals surface area contributed by atoms with Crippen molar-refractivity contribution in [2.75, 3.05) is 13.1 Å². The van der Waals surface area contributed by atoms with Gasteiger partial charge in [0.15, 0.2) is 0 Å². The van der Waals surface area contributed by atoms with Gasteiger partial charge in [0, 0.05) is 19.5 Å². The van der Waals surface area contributed by atoms with Crippen LogP contribution in [-0.4, -0.2) is 46.9 Å². The number of aliphatic carboxylic acids is 1. The molecule has 0 bridgehead atoms. The Morgan fingerprint density at radius 2 is 2.24 bits per heavy atom. The molecule has 2 heterocycles. The molecule has 0 aliphatic carbocycles. The van der Waals surface area contributed by atoms with Gasteiger partial charge in [-0.3, -0.25) is 9.59 Å². The number of likely N-dealkylation sites (tertiary alicyclic amines) is 1. The lowest BCUT2D eigenvalue weighted by Gasteiger charge is -2.21. The Balaban J connectivity index is 1.70. The zero-order chi connectivity index (χ0) is 15.2. The molecule has 1 saturated heterocycles. The van der Waals surface area contributed by atoms with Gasteiger partial charge < -0.3 is 15.3 Å². The van der Waals surface area contributed by atoms with E-state index in [1.807, 2.05) is 11.4 Å². The fraction of sp³-hybridized carbons (Fsp3) is 0.500. The molecule has 2 N–H and O–H groups in total. The Kier molecular flexibility index (Phi) is 5.32. The molecule has 1 aromatic heterocycles. The zero-order valence-corrected chi connectivity index (χ0v) is 12.4. The van der Waals surface area contributed by atoms with Crippen LogP contribution in [0.25, 0.3) is 0 Å². The third-order valence-electron chi connectivity index (χ3n) is 3.46. The Morgan fingerprint density at radius 3 is 2.90 bits per heavy atom. The van der Waals surface area contributed by atoms with Crippen LogP contribution in [0.3, 0.4) is 0 Å². The van der Waals surface area contributed by atoms with Crippen LogP contribution < -0.4 is 5.32 Å². The van der Waals surface area contributed by atoms with E-state index < -0.39 is 12.0 Å². The molecule has 1 aliphatic rings. The van der Waals surface area contributed by atoms with Crippen LogP contribution in [-0.2, 0) is 9.59 Å². The van der Waals surface area contributed by atoms with Crippen LogP contribution >= 0.6 is 11.3 Å². The van der Waals surface area contributed by atoms with E-state index in [1.165, 1.54) is 16.2 Å². The average molecular weight is 310 g/mol. The summed E-state index contributed by atoms with van der Waals surface area (Å²) in [6.07, 6.45) is 2.03. The number of rotatable bonds is 6. The molecule has 2 rings (SSSR count). The van der Waals surface area contributed by atoms with Crippen LogP contribution in [0.2, 0.25) is 0 Å². The van der Waals surface area contributed by atoms with Gasteiger partial charge in [-0.15, -0.1) is 11.3 Å². The van der Waals surface area contributed by atoms with Crippen LogP contribution in [0, 0.1) is 0 Å². The molecule has 2 amide bonds. The molecule has 6 nitrogen and oxygen atoms in total. The number of thiophene rings is 1. The first kappa shape index (κ1) is 15.5. The van der Waals surface area contributed by atoms with Gasteiger partial charge in [0.25, 0.3) is 5.91 Å². The minimum absolute atomic E-state index is 0.137. The first-order valence-corrected chi connectivity index (χ1v) is 7.81. The van der Waals surface area contributed by atoms with Gasteiger partial charge in [-0.2, -0.15) is 0 Å². The lowest BCUT2D eigenvalue weighted by atomic mass is 10.2. The third-order valence-corrected chi connectivity index (χ3v) is 4.32. The van der Waals surface area contributed by atoms with Crippen molar-refractivity contribution < 1.29 is 19.5 Å². The average Bonchev–Trinajstić information content (AvgIpc) is 3.12. The standard InChI is InChI=1S/C14H18N2O4S/c17-12(16-8-2-4-10(16)14(19)20)6-1-7-15-13(18)11-5-3-9-21-11/h3,5,9-10H,1-2,4,6-8H2,(H,15,18)(H,19,20)/t10-/m0/s1. The largest absolute Gasteiger partial charge is 0.480 e. The lowest BCUT2D eigenvalue weighted by Crippen LogP contribution is -2.40. The maximum absolute atomic E-state index is 12.0. The number of nitrogens with zero attached hydrogens (tertiary/aromatic N) is 1. The van der Waals surface area contributed by atoms with E-state index in [0.717, 1.165) is 6.42 Å². The number of carbonyl (C=O) groups excluding carboxylic acids is 2. The minimum Gasteiger partial charge on any atom is -0.480 e. The quantitative estimate of drug-likeness (QED) is 0.776. The highest BCUT2D eigenvalue weighted by Crippen LogP contribution is 2.18. The Bertz CT molecular complexity index is 515. The van der Waals surface area contributed by atoms with Gasteiger partial charge in [0.05, 0.1) is 4.88 Å². The first-order valence-electron chi connectivity index (χ1n) is 6.93. The number of nitrogens with one attached hydrogen (secondary N) is 1. The van der Waals surface area contributed by atoms with E-state index in [0.29, 0.717) is 30.8 Å². The SMILES string of the molecule is O=C(NCCCC(=O)N1CCC[C@H]1C(=O)O)c1cccs1. The molecule has 0 unspecified atom stereocenters. The predicted octanol–water partition coefficient (Wildman–Crippen LogP) is 1.33. The summed E-state index contributed by atoms with van der Waals surface area (Å²) in [7, 11) is 0. The topological polar surface area (TPSA) is 86.7 Å². The van der Waals surface area contributed by atoms with E-state index in [-0.39, 0.29) is 18.2 Å². The molecule has 7 heteroatoms. The van der Waals surface area contributed by atoms with Gasteiger partial charge in [-0.1, -0.05) is 6.07 Å². The third kappa shape index (κ3) is 4.04. The normalized spacial score (nSPS) is 17.7. The van der Waals surface area contributed by atoms with Crippen molar-refractivity contribution in [3.63, 3.8) is 0 Å². The Morgan fingerprint density at radius 1 is 1.43 bits per heavy atom. The molecule has 114 valence electrons. The van der Waals surface area contributed by atoms with Crippen molar-refractivity contribution in [3.8, 4) is 0 Å². The predicted molar refractivity (Wildman–Crippen MR) is 78.3 cm³/mol. The molecule has 1 aromatic rings. The monoisotopic (exact) mass is 310 g/mol. The highest BCUT2D eigenvalue weighted by Gasteiger charge is 2.33. The fourth-order valence-corrected chi connectivity index (χ4v) is 3.04. The molecule has 1 fully saturated rings. The van der Waals surface area contributed by atoms with Gasteiger partial charge in [0.2, 0.25) is 5.91 Å². The molecule has 21 heavy (non-hydrogen) atoms. The second-order valence-electron chi connectivity index (χ2n) is 4.92. The second kappa shape index (κ2) is 7.21. The Labute approximate surface area is 126 Å². The summed E-state index contributed by atoms with van der Waals surface area (Å²) < 4.78 is 0.